The van der Waals surface area contributed by atoms with E-state index in [0.29, 0.717) is 11.4 Å². The molecule has 0 radical (unpaired) electrons. The molecule has 0 amide bonds. The fourth-order valence-electron chi connectivity index (χ4n) is 2.06. The monoisotopic (exact) mass is 282 g/mol. The van der Waals surface area contributed by atoms with Gasteiger partial charge in [-0.15, -0.1) is 0 Å². The van der Waals surface area contributed by atoms with Gasteiger partial charge < -0.3 is 5.32 Å². The second kappa shape index (κ2) is 6.39. The summed E-state index contributed by atoms with van der Waals surface area (Å²) in [5.74, 6) is 0.967. The third-order valence-corrected chi connectivity index (χ3v) is 4.88. The molecule has 2 rings (SSSR count). The van der Waals surface area contributed by atoms with E-state index in [1.54, 1.807) is 19.1 Å². The van der Waals surface area contributed by atoms with Crippen molar-refractivity contribution >= 4 is 15.7 Å². The van der Waals surface area contributed by atoms with Crippen molar-refractivity contribution in [3.63, 3.8) is 0 Å². The van der Waals surface area contributed by atoms with Crippen molar-refractivity contribution in [1.82, 2.24) is 4.72 Å². The SMILES string of the molecule is CCNS(=O)(=O)c1ccc(NCCCC2CC2)cc1. The Bertz CT molecular complexity index is 493. The molecule has 0 unspecified atom stereocenters. The van der Waals surface area contributed by atoms with Gasteiger partial charge in [0.2, 0.25) is 10.0 Å². The lowest BCUT2D eigenvalue weighted by atomic mass is 10.2. The van der Waals surface area contributed by atoms with E-state index in [4.69, 9.17) is 0 Å². The van der Waals surface area contributed by atoms with Crippen LogP contribution >= 0.6 is 0 Å². The number of anilines is 1. The second-order valence-corrected chi connectivity index (χ2v) is 6.81. The molecule has 1 aliphatic carbocycles. The molecule has 0 aliphatic heterocycles. The van der Waals surface area contributed by atoms with Crippen molar-refractivity contribution in [3.05, 3.63) is 24.3 Å². The summed E-state index contributed by atoms with van der Waals surface area (Å²) in [6.45, 7) is 3.13. The molecule has 1 aromatic carbocycles. The van der Waals surface area contributed by atoms with Crippen LogP contribution in [-0.2, 0) is 10.0 Å². The van der Waals surface area contributed by atoms with Crippen molar-refractivity contribution in [1.29, 1.82) is 0 Å². The zero-order valence-electron chi connectivity index (χ0n) is 11.4. The Hall–Kier alpha value is -1.07. The highest BCUT2D eigenvalue weighted by molar-refractivity contribution is 7.89. The smallest absolute Gasteiger partial charge is 0.240 e. The van der Waals surface area contributed by atoms with Gasteiger partial charge in [-0.25, -0.2) is 13.1 Å². The minimum atomic E-state index is -3.33. The molecule has 0 saturated heterocycles. The molecule has 19 heavy (non-hydrogen) atoms. The standard InChI is InChI=1S/C14H22N2O2S/c1-2-16-19(17,18)14-9-7-13(8-10-14)15-11-3-4-12-5-6-12/h7-10,12,15-16H,2-6,11H2,1H3. The molecule has 106 valence electrons. The molecule has 1 aromatic rings. The Balaban J connectivity index is 1.83. The van der Waals surface area contributed by atoms with E-state index in [1.807, 2.05) is 12.1 Å². The molecule has 5 heteroatoms. The van der Waals surface area contributed by atoms with E-state index in [2.05, 4.69) is 10.0 Å². The molecule has 4 nitrogen and oxygen atoms in total. The van der Waals surface area contributed by atoms with Gasteiger partial charge in [-0.3, -0.25) is 0 Å². The Morgan fingerprint density at radius 3 is 2.47 bits per heavy atom. The van der Waals surface area contributed by atoms with Crippen LogP contribution in [0.15, 0.2) is 29.2 Å². The molecular formula is C14H22N2O2S. The molecule has 1 saturated carbocycles. The summed E-state index contributed by atoms with van der Waals surface area (Å²) in [5.41, 5.74) is 0.978. The predicted molar refractivity (Wildman–Crippen MR) is 77.8 cm³/mol. The first-order valence-electron chi connectivity index (χ1n) is 6.95. The van der Waals surface area contributed by atoms with Crippen LogP contribution in [0.1, 0.15) is 32.6 Å². The van der Waals surface area contributed by atoms with Crippen LogP contribution in [0.25, 0.3) is 0 Å². The van der Waals surface area contributed by atoms with E-state index < -0.39 is 10.0 Å². The van der Waals surface area contributed by atoms with Gasteiger partial charge in [-0.2, -0.15) is 0 Å². The van der Waals surface area contributed by atoms with Gasteiger partial charge in [0.25, 0.3) is 0 Å². The number of nitrogens with one attached hydrogen (secondary N) is 2. The topological polar surface area (TPSA) is 58.2 Å². The number of rotatable bonds is 8. The summed E-state index contributed by atoms with van der Waals surface area (Å²) >= 11 is 0. The van der Waals surface area contributed by atoms with Gasteiger partial charge in [0.1, 0.15) is 0 Å². The molecule has 2 N–H and O–H groups in total. The van der Waals surface area contributed by atoms with Gasteiger partial charge >= 0.3 is 0 Å². The first-order valence-corrected chi connectivity index (χ1v) is 8.44. The van der Waals surface area contributed by atoms with Crippen LogP contribution in [0.4, 0.5) is 5.69 Å². The van der Waals surface area contributed by atoms with Crippen LogP contribution in [0, 0.1) is 5.92 Å². The third-order valence-electron chi connectivity index (χ3n) is 3.31. The van der Waals surface area contributed by atoms with Crippen LogP contribution in [0.2, 0.25) is 0 Å². The molecule has 0 bridgehead atoms. The zero-order chi connectivity index (χ0) is 13.7. The van der Waals surface area contributed by atoms with Crippen molar-refractivity contribution in [2.24, 2.45) is 5.92 Å². The average molecular weight is 282 g/mol. The normalized spacial score (nSPS) is 15.4. The van der Waals surface area contributed by atoms with E-state index in [-0.39, 0.29) is 0 Å². The van der Waals surface area contributed by atoms with Crippen LogP contribution in [0.3, 0.4) is 0 Å². The maximum atomic E-state index is 11.8. The molecular weight excluding hydrogens is 260 g/mol. The minimum Gasteiger partial charge on any atom is -0.385 e. The minimum absolute atomic E-state index is 0.317. The van der Waals surface area contributed by atoms with Crippen molar-refractivity contribution in [3.8, 4) is 0 Å². The predicted octanol–water partition coefficient (Wildman–Crippen LogP) is 2.59. The van der Waals surface area contributed by atoms with Gasteiger partial charge in [0, 0.05) is 18.8 Å². The zero-order valence-corrected chi connectivity index (χ0v) is 12.2. The Morgan fingerprint density at radius 2 is 1.89 bits per heavy atom. The summed E-state index contributed by atoms with van der Waals surface area (Å²) in [6.07, 6.45) is 5.29. The average Bonchev–Trinajstić information content (AvgIpc) is 3.19. The quantitative estimate of drug-likeness (QED) is 0.721. The van der Waals surface area contributed by atoms with Crippen LogP contribution < -0.4 is 10.0 Å². The molecule has 1 aliphatic rings. The maximum Gasteiger partial charge on any atom is 0.240 e. The fraction of sp³-hybridized carbons (Fsp3) is 0.571. The molecule has 1 fully saturated rings. The van der Waals surface area contributed by atoms with E-state index >= 15 is 0 Å². The van der Waals surface area contributed by atoms with E-state index in [9.17, 15) is 8.42 Å². The largest absolute Gasteiger partial charge is 0.385 e. The number of sulfonamides is 1. The lowest BCUT2D eigenvalue weighted by molar-refractivity contribution is 0.584. The summed E-state index contributed by atoms with van der Waals surface area (Å²) in [6, 6.07) is 6.92. The highest BCUT2D eigenvalue weighted by atomic mass is 32.2. The summed E-state index contributed by atoms with van der Waals surface area (Å²) in [4.78, 5) is 0.317. The van der Waals surface area contributed by atoms with Crippen LogP contribution in [-0.4, -0.2) is 21.5 Å². The molecule has 0 heterocycles. The van der Waals surface area contributed by atoms with Crippen LogP contribution in [0.5, 0.6) is 0 Å². The highest BCUT2D eigenvalue weighted by Gasteiger charge is 2.19. The number of hydrogen-bond acceptors (Lipinski definition) is 3. The first-order chi connectivity index (χ1) is 9.12. The number of benzene rings is 1. The Morgan fingerprint density at radius 1 is 1.21 bits per heavy atom. The van der Waals surface area contributed by atoms with E-state index in [1.165, 1.54) is 25.7 Å². The van der Waals surface area contributed by atoms with Gasteiger partial charge in [0.05, 0.1) is 4.90 Å². The lowest BCUT2D eigenvalue weighted by Crippen LogP contribution is -2.23. The molecule has 0 aromatic heterocycles. The van der Waals surface area contributed by atoms with Crippen molar-refractivity contribution < 1.29 is 8.42 Å². The second-order valence-electron chi connectivity index (χ2n) is 5.04. The molecule has 0 atom stereocenters. The van der Waals surface area contributed by atoms with Crippen molar-refractivity contribution in [2.75, 3.05) is 18.4 Å². The first kappa shape index (κ1) is 14.3. The third kappa shape index (κ3) is 4.51. The Kier molecular flexibility index (Phi) is 4.82. The van der Waals surface area contributed by atoms with E-state index in [0.717, 1.165) is 18.2 Å². The Labute approximate surface area is 115 Å². The van der Waals surface area contributed by atoms with Gasteiger partial charge in [-0.05, 0) is 43.0 Å². The summed E-state index contributed by atoms with van der Waals surface area (Å²) in [7, 11) is -3.33. The van der Waals surface area contributed by atoms with Gasteiger partial charge in [0.15, 0.2) is 0 Å². The summed E-state index contributed by atoms with van der Waals surface area (Å²) in [5, 5.41) is 3.32. The maximum absolute atomic E-state index is 11.8. The fourth-order valence-corrected chi connectivity index (χ4v) is 3.10. The molecule has 0 spiro atoms. The number of hydrogen-bond donors (Lipinski definition) is 2. The highest BCUT2D eigenvalue weighted by Crippen LogP contribution is 2.33. The summed E-state index contributed by atoms with van der Waals surface area (Å²) < 4.78 is 26.0. The lowest BCUT2D eigenvalue weighted by Gasteiger charge is -2.08. The van der Waals surface area contributed by atoms with Crippen molar-refractivity contribution in [2.45, 2.75) is 37.5 Å². The van der Waals surface area contributed by atoms with Gasteiger partial charge in [-0.1, -0.05) is 19.8 Å².